The highest BCUT2D eigenvalue weighted by Crippen LogP contribution is 2.30. The maximum absolute atomic E-state index is 11.4. The SMILES string of the molecule is O=S(=O)(CC1CC1)NCC1CC(O)C1. The minimum absolute atomic E-state index is 0.201. The monoisotopic (exact) mass is 219 g/mol. The van der Waals surface area contributed by atoms with Crippen molar-refractivity contribution in [2.24, 2.45) is 11.8 Å². The van der Waals surface area contributed by atoms with Crippen LogP contribution >= 0.6 is 0 Å². The minimum atomic E-state index is -3.04. The first-order valence-corrected chi connectivity index (χ1v) is 6.86. The predicted octanol–water partition coefficient (Wildman–Crippen LogP) is 0.0867. The molecule has 2 fully saturated rings. The van der Waals surface area contributed by atoms with E-state index in [1.807, 2.05) is 0 Å². The van der Waals surface area contributed by atoms with E-state index in [9.17, 15) is 8.42 Å². The van der Waals surface area contributed by atoms with Crippen LogP contribution in [0.2, 0.25) is 0 Å². The first kappa shape index (κ1) is 10.4. The predicted molar refractivity (Wildman–Crippen MR) is 53.2 cm³/mol. The molecule has 0 amide bonds. The number of aliphatic hydroxyl groups excluding tert-OH is 1. The highest BCUT2D eigenvalue weighted by atomic mass is 32.2. The molecule has 4 nitrogen and oxygen atoms in total. The smallest absolute Gasteiger partial charge is 0.211 e. The van der Waals surface area contributed by atoms with Crippen LogP contribution in [0.25, 0.3) is 0 Å². The lowest BCUT2D eigenvalue weighted by molar-refractivity contribution is 0.0453. The molecule has 2 aliphatic rings. The molecular formula is C9H17NO3S. The van der Waals surface area contributed by atoms with Crippen molar-refractivity contribution in [1.29, 1.82) is 0 Å². The molecule has 0 heterocycles. The molecule has 14 heavy (non-hydrogen) atoms. The molecule has 2 N–H and O–H groups in total. The van der Waals surface area contributed by atoms with Gasteiger partial charge in [-0.05, 0) is 37.5 Å². The van der Waals surface area contributed by atoms with E-state index in [1.54, 1.807) is 0 Å². The van der Waals surface area contributed by atoms with Gasteiger partial charge in [-0.1, -0.05) is 0 Å². The zero-order valence-electron chi connectivity index (χ0n) is 8.15. The molecular weight excluding hydrogens is 202 g/mol. The van der Waals surface area contributed by atoms with E-state index >= 15 is 0 Å². The zero-order chi connectivity index (χ0) is 10.2. The van der Waals surface area contributed by atoms with E-state index < -0.39 is 10.0 Å². The van der Waals surface area contributed by atoms with E-state index in [4.69, 9.17) is 5.11 Å². The normalized spacial score (nSPS) is 32.6. The lowest BCUT2D eigenvalue weighted by atomic mass is 9.83. The number of aliphatic hydroxyl groups is 1. The summed E-state index contributed by atoms with van der Waals surface area (Å²) in [6, 6.07) is 0. The Morgan fingerprint density at radius 3 is 2.36 bits per heavy atom. The molecule has 2 aliphatic carbocycles. The van der Waals surface area contributed by atoms with E-state index in [0.717, 1.165) is 25.7 Å². The van der Waals surface area contributed by atoms with Gasteiger partial charge in [0, 0.05) is 6.54 Å². The van der Waals surface area contributed by atoms with Crippen LogP contribution < -0.4 is 4.72 Å². The highest BCUT2D eigenvalue weighted by molar-refractivity contribution is 7.89. The van der Waals surface area contributed by atoms with E-state index in [0.29, 0.717) is 24.1 Å². The fourth-order valence-corrected chi connectivity index (χ4v) is 3.33. The summed E-state index contributed by atoms with van der Waals surface area (Å²) in [6.07, 6.45) is 3.40. The molecule has 82 valence electrons. The summed E-state index contributed by atoms with van der Waals surface area (Å²) in [7, 11) is -3.04. The Hall–Kier alpha value is -0.130. The third kappa shape index (κ3) is 2.93. The van der Waals surface area contributed by atoms with Crippen LogP contribution in [-0.2, 0) is 10.0 Å². The van der Waals surface area contributed by atoms with Gasteiger partial charge in [0.1, 0.15) is 0 Å². The summed E-state index contributed by atoms with van der Waals surface area (Å²) >= 11 is 0. The fourth-order valence-electron chi connectivity index (χ4n) is 1.77. The average Bonchev–Trinajstić information content (AvgIpc) is 2.79. The van der Waals surface area contributed by atoms with Crippen molar-refractivity contribution in [2.75, 3.05) is 12.3 Å². The summed E-state index contributed by atoms with van der Waals surface area (Å²) in [5, 5.41) is 9.03. The molecule has 5 heteroatoms. The molecule has 2 rings (SSSR count). The Bertz CT molecular complexity index is 291. The largest absolute Gasteiger partial charge is 0.393 e. The summed E-state index contributed by atoms with van der Waals surface area (Å²) in [6.45, 7) is 0.506. The van der Waals surface area contributed by atoms with E-state index in [2.05, 4.69) is 4.72 Å². The summed E-state index contributed by atoms with van der Waals surface area (Å²) in [4.78, 5) is 0. The maximum atomic E-state index is 11.4. The zero-order valence-corrected chi connectivity index (χ0v) is 8.96. The second-order valence-corrected chi connectivity index (χ2v) is 6.42. The van der Waals surface area contributed by atoms with Gasteiger partial charge in [-0.2, -0.15) is 0 Å². The minimum Gasteiger partial charge on any atom is -0.393 e. The molecule has 0 aromatic rings. The van der Waals surface area contributed by atoms with Gasteiger partial charge in [0.25, 0.3) is 0 Å². The molecule has 0 bridgehead atoms. The lowest BCUT2D eigenvalue weighted by Gasteiger charge is -2.31. The van der Waals surface area contributed by atoms with Crippen molar-refractivity contribution in [2.45, 2.75) is 31.8 Å². The van der Waals surface area contributed by atoms with E-state index in [-0.39, 0.29) is 6.10 Å². The third-order valence-corrected chi connectivity index (χ3v) is 4.47. The Labute approximate surface area is 84.8 Å². The van der Waals surface area contributed by atoms with Gasteiger partial charge < -0.3 is 5.11 Å². The Balaban J connectivity index is 1.68. The standard InChI is InChI=1S/C9H17NO3S/c11-9-3-8(4-9)5-10-14(12,13)6-7-1-2-7/h7-11H,1-6H2. The summed E-state index contributed by atoms with van der Waals surface area (Å²) in [5.41, 5.74) is 0. The highest BCUT2D eigenvalue weighted by Gasteiger charge is 2.31. The molecule has 0 spiro atoms. The van der Waals surface area contributed by atoms with Crippen molar-refractivity contribution in [3.8, 4) is 0 Å². The fraction of sp³-hybridized carbons (Fsp3) is 1.00. The van der Waals surface area contributed by atoms with Crippen LogP contribution in [0, 0.1) is 11.8 Å². The van der Waals surface area contributed by atoms with Crippen LogP contribution in [0.3, 0.4) is 0 Å². The van der Waals surface area contributed by atoms with Gasteiger partial charge in [-0.15, -0.1) is 0 Å². The van der Waals surface area contributed by atoms with Crippen molar-refractivity contribution < 1.29 is 13.5 Å². The van der Waals surface area contributed by atoms with Crippen molar-refractivity contribution in [1.82, 2.24) is 4.72 Å². The molecule has 0 aliphatic heterocycles. The average molecular weight is 219 g/mol. The number of hydrogen-bond acceptors (Lipinski definition) is 3. The second kappa shape index (κ2) is 3.79. The number of hydrogen-bond donors (Lipinski definition) is 2. The van der Waals surface area contributed by atoms with Gasteiger partial charge in [0.15, 0.2) is 0 Å². The maximum Gasteiger partial charge on any atom is 0.211 e. The molecule has 2 saturated carbocycles. The Morgan fingerprint density at radius 2 is 1.86 bits per heavy atom. The van der Waals surface area contributed by atoms with Crippen molar-refractivity contribution in [3.05, 3.63) is 0 Å². The van der Waals surface area contributed by atoms with Gasteiger partial charge in [-0.3, -0.25) is 0 Å². The number of rotatable bonds is 5. The van der Waals surface area contributed by atoms with Crippen LogP contribution in [0.15, 0.2) is 0 Å². The quantitative estimate of drug-likeness (QED) is 0.688. The van der Waals surface area contributed by atoms with Gasteiger partial charge in [0.05, 0.1) is 11.9 Å². The first-order valence-electron chi connectivity index (χ1n) is 5.20. The molecule has 0 unspecified atom stereocenters. The number of nitrogens with one attached hydrogen (secondary N) is 1. The van der Waals surface area contributed by atoms with Crippen LogP contribution in [0.4, 0.5) is 0 Å². The first-order chi connectivity index (χ1) is 6.55. The van der Waals surface area contributed by atoms with Gasteiger partial charge in [0.2, 0.25) is 10.0 Å². The van der Waals surface area contributed by atoms with Crippen LogP contribution in [-0.4, -0.2) is 31.9 Å². The summed E-state index contributed by atoms with van der Waals surface area (Å²) < 4.78 is 25.5. The topological polar surface area (TPSA) is 66.4 Å². The van der Waals surface area contributed by atoms with Crippen LogP contribution in [0.1, 0.15) is 25.7 Å². The van der Waals surface area contributed by atoms with Gasteiger partial charge >= 0.3 is 0 Å². The second-order valence-electron chi connectivity index (χ2n) is 4.56. The Morgan fingerprint density at radius 1 is 1.21 bits per heavy atom. The van der Waals surface area contributed by atoms with E-state index in [1.165, 1.54) is 0 Å². The van der Waals surface area contributed by atoms with Gasteiger partial charge in [-0.25, -0.2) is 13.1 Å². The third-order valence-electron chi connectivity index (χ3n) is 2.95. The molecule has 0 aromatic heterocycles. The summed E-state index contributed by atoms with van der Waals surface area (Å²) in [5.74, 6) is 1.04. The Kier molecular flexibility index (Phi) is 2.81. The van der Waals surface area contributed by atoms with Crippen LogP contribution in [0.5, 0.6) is 0 Å². The van der Waals surface area contributed by atoms with Crippen molar-refractivity contribution >= 4 is 10.0 Å². The molecule has 0 saturated heterocycles. The molecule has 0 atom stereocenters. The van der Waals surface area contributed by atoms with Crippen molar-refractivity contribution in [3.63, 3.8) is 0 Å². The molecule has 0 radical (unpaired) electrons. The number of sulfonamides is 1. The lowest BCUT2D eigenvalue weighted by Crippen LogP contribution is -2.39. The molecule has 0 aromatic carbocycles.